The number of aliphatic hydroxyl groups is 1. The number of likely N-dealkylation sites (N-methyl/N-ethyl adjacent to an activating group) is 1. The molecule has 0 radical (unpaired) electrons. The van der Waals surface area contributed by atoms with E-state index in [4.69, 9.17) is 4.74 Å². The van der Waals surface area contributed by atoms with E-state index in [1.165, 1.54) is 6.42 Å². The summed E-state index contributed by atoms with van der Waals surface area (Å²) in [4.78, 5) is 16.7. The minimum absolute atomic E-state index is 0.0340. The van der Waals surface area contributed by atoms with Crippen molar-refractivity contribution < 1.29 is 14.6 Å². The lowest BCUT2D eigenvalue weighted by atomic mass is 9.69. The molecule has 0 bridgehead atoms. The summed E-state index contributed by atoms with van der Waals surface area (Å²) in [6.07, 6.45) is 4.07. The molecule has 1 amide bonds. The Morgan fingerprint density at radius 1 is 1.40 bits per heavy atom. The Hall–Kier alpha value is -0.650. The molecule has 2 aliphatic rings. The molecule has 5 nitrogen and oxygen atoms in total. The van der Waals surface area contributed by atoms with Gasteiger partial charge >= 0.3 is 0 Å². The van der Waals surface area contributed by atoms with E-state index < -0.39 is 0 Å². The summed E-state index contributed by atoms with van der Waals surface area (Å²) in [6, 6.07) is -0.0419. The summed E-state index contributed by atoms with van der Waals surface area (Å²) in [7, 11) is 1.88. The number of aliphatic hydroxyl groups excluding tert-OH is 1. The van der Waals surface area contributed by atoms with E-state index in [1.807, 2.05) is 11.9 Å². The van der Waals surface area contributed by atoms with E-state index in [0.717, 1.165) is 32.4 Å². The second kappa shape index (κ2) is 6.87. The second-order valence-corrected chi connectivity index (χ2v) is 6.28. The standard InChI is InChI=1S/C15H28N2O3/c1-3-13(17-7-9-20-10-8-17)14(19)16(2)11-15(12-18)5-4-6-15/h13,18H,3-12H2,1-2H3/t13-/m0/s1. The van der Waals surface area contributed by atoms with Gasteiger partial charge in [0, 0.05) is 32.1 Å². The largest absolute Gasteiger partial charge is 0.396 e. The molecule has 2 rings (SSSR count). The van der Waals surface area contributed by atoms with Crippen LogP contribution in [0.15, 0.2) is 0 Å². The predicted octanol–water partition coefficient (Wildman–Crippen LogP) is 0.718. The molecule has 1 aliphatic heterocycles. The molecular weight excluding hydrogens is 256 g/mol. The first kappa shape index (κ1) is 15.7. The second-order valence-electron chi connectivity index (χ2n) is 6.28. The number of carbonyl (C=O) groups excluding carboxylic acids is 1. The third kappa shape index (κ3) is 3.32. The first-order valence-electron chi connectivity index (χ1n) is 7.79. The molecule has 2 fully saturated rings. The molecule has 1 atom stereocenters. The van der Waals surface area contributed by atoms with Crippen molar-refractivity contribution in [3.05, 3.63) is 0 Å². The highest BCUT2D eigenvalue weighted by Gasteiger charge is 2.39. The summed E-state index contributed by atoms with van der Waals surface area (Å²) in [5.74, 6) is 0.189. The van der Waals surface area contributed by atoms with Crippen LogP contribution < -0.4 is 0 Å². The van der Waals surface area contributed by atoms with Crippen molar-refractivity contribution >= 4 is 5.91 Å². The maximum absolute atomic E-state index is 12.7. The summed E-state index contributed by atoms with van der Waals surface area (Å²) < 4.78 is 5.36. The first-order chi connectivity index (χ1) is 9.62. The van der Waals surface area contributed by atoms with Crippen molar-refractivity contribution in [2.75, 3.05) is 46.5 Å². The highest BCUT2D eigenvalue weighted by Crippen LogP contribution is 2.40. The van der Waals surface area contributed by atoms with Crippen molar-refractivity contribution in [2.24, 2.45) is 5.41 Å². The van der Waals surface area contributed by atoms with Gasteiger partial charge in [-0.1, -0.05) is 13.3 Å². The van der Waals surface area contributed by atoms with Gasteiger partial charge in [-0.05, 0) is 19.3 Å². The number of hydrogen-bond donors (Lipinski definition) is 1. The van der Waals surface area contributed by atoms with Gasteiger partial charge in [0.15, 0.2) is 0 Å². The topological polar surface area (TPSA) is 53.0 Å². The number of morpholine rings is 1. The van der Waals surface area contributed by atoms with E-state index in [9.17, 15) is 9.90 Å². The van der Waals surface area contributed by atoms with Crippen molar-refractivity contribution in [3.8, 4) is 0 Å². The Kier molecular flexibility index (Phi) is 5.41. The normalized spacial score (nSPS) is 23.9. The van der Waals surface area contributed by atoms with Crippen LogP contribution in [0, 0.1) is 5.41 Å². The van der Waals surface area contributed by atoms with Crippen molar-refractivity contribution in [3.63, 3.8) is 0 Å². The smallest absolute Gasteiger partial charge is 0.239 e. The van der Waals surface area contributed by atoms with Crippen molar-refractivity contribution in [2.45, 2.75) is 38.6 Å². The summed E-state index contributed by atoms with van der Waals surface area (Å²) in [6.45, 7) is 6.05. The maximum Gasteiger partial charge on any atom is 0.239 e. The minimum atomic E-state index is -0.0419. The molecule has 0 aromatic carbocycles. The molecule has 0 spiro atoms. The third-order valence-corrected chi connectivity index (χ3v) is 4.86. The lowest BCUT2D eigenvalue weighted by Crippen LogP contribution is -2.54. The molecule has 1 heterocycles. The summed E-state index contributed by atoms with van der Waals surface area (Å²) in [5.41, 5.74) is -0.0340. The van der Waals surface area contributed by atoms with E-state index in [1.54, 1.807) is 0 Å². The Morgan fingerprint density at radius 2 is 2.05 bits per heavy atom. The van der Waals surface area contributed by atoms with Crippen LogP contribution in [0.5, 0.6) is 0 Å². The number of nitrogens with zero attached hydrogens (tertiary/aromatic N) is 2. The van der Waals surface area contributed by atoms with Crippen LogP contribution in [-0.4, -0.2) is 73.4 Å². The SMILES string of the molecule is CC[C@@H](C(=O)N(C)CC1(CO)CCC1)N1CCOCC1. The van der Waals surface area contributed by atoms with Gasteiger partial charge in [0.25, 0.3) is 0 Å². The monoisotopic (exact) mass is 284 g/mol. The number of rotatable bonds is 6. The average Bonchev–Trinajstić information content (AvgIpc) is 2.44. The predicted molar refractivity (Wildman–Crippen MR) is 77.5 cm³/mol. The molecule has 1 N–H and O–H groups in total. The Labute approximate surface area is 121 Å². The maximum atomic E-state index is 12.7. The Morgan fingerprint density at radius 3 is 2.50 bits per heavy atom. The molecule has 0 aromatic rings. The lowest BCUT2D eigenvalue weighted by molar-refractivity contribution is -0.140. The van der Waals surface area contributed by atoms with Gasteiger partial charge in [-0.15, -0.1) is 0 Å². The van der Waals surface area contributed by atoms with Crippen molar-refractivity contribution in [1.29, 1.82) is 0 Å². The van der Waals surface area contributed by atoms with Crippen LogP contribution in [0.2, 0.25) is 0 Å². The van der Waals surface area contributed by atoms with Gasteiger partial charge in [0.1, 0.15) is 0 Å². The summed E-state index contributed by atoms with van der Waals surface area (Å²) >= 11 is 0. The zero-order valence-electron chi connectivity index (χ0n) is 12.8. The van der Waals surface area contributed by atoms with Crippen LogP contribution >= 0.6 is 0 Å². The van der Waals surface area contributed by atoms with Gasteiger partial charge in [-0.3, -0.25) is 9.69 Å². The van der Waals surface area contributed by atoms with Gasteiger partial charge in [0.05, 0.1) is 25.9 Å². The molecule has 5 heteroatoms. The third-order valence-electron chi connectivity index (χ3n) is 4.86. The molecule has 116 valence electrons. The first-order valence-corrected chi connectivity index (χ1v) is 7.79. The molecule has 0 aromatic heterocycles. The van der Waals surface area contributed by atoms with Crippen LogP contribution in [0.3, 0.4) is 0 Å². The van der Waals surface area contributed by atoms with E-state index in [-0.39, 0.29) is 24.0 Å². The molecular formula is C15H28N2O3. The van der Waals surface area contributed by atoms with E-state index in [2.05, 4.69) is 11.8 Å². The number of carbonyl (C=O) groups is 1. The van der Waals surface area contributed by atoms with Gasteiger partial charge in [-0.2, -0.15) is 0 Å². The van der Waals surface area contributed by atoms with Gasteiger partial charge in [0.2, 0.25) is 5.91 Å². The fourth-order valence-corrected chi connectivity index (χ4v) is 3.36. The fraction of sp³-hybridized carbons (Fsp3) is 0.933. The quantitative estimate of drug-likeness (QED) is 0.781. The van der Waals surface area contributed by atoms with Crippen LogP contribution in [0.25, 0.3) is 0 Å². The zero-order valence-corrected chi connectivity index (χ0v) is 12.8. The Balaban J connectivity index is 1.93. The molecule has 1 saturated heterocycles. The summed E-state index contributed by atoms with van der Waals surface area (Å²) in [5, 5.41) is 9.55. The van der Waals surface area contributed by atoms with Crippen LogP contribution in [0.1, 0.15) is 32.6 Å². The molecule has 1 aliphatic carbocycles. The van der Waals surface area contributed by atoms with Gasteiger partial charge in [-0.25, -0.2) is 0 Å². The van der Waals surface area contributed by atoms with Gasteiger partial charge < -0.3 is 14.7 Å². The number of hydrogen-bond acceptors (Lipinski definition) is 4. The molecule has 0 unspecified atom stereocenters. The van der Waals surface area contributed by atoms with E-state index >= 15 is 0 Å². The van der Waals surface area contributed by atoms with Crippen molar-refractivity contribution in [1.82, 2.24) is 9.80 Å². The van der Waals surface area contributed by atoms with E-state index in [0.29, 0.717) is 19.8 Å². The highest BCUT2D eigenvalue weighted by molar-refractivity contribution is 5.81. The Bertz CT molecular complexity index is 320. The minimum Gasteiger partial charge on any atom is -0.396 e. The number of ether oxygens (including phenoxy) is 1. The van der Waals surface area contributed by atoms with Crippen LogP contribution in [-0.2, 0) is 9.53 Å². The molecule has 20 heavy (non-hydrogen) atoms. The molecule has 1 saturated carbocycles. The fourth-order valence-electron chi connectivity index (χ4n) is 3.36. The lowest BCUT2D eigenvalue weighted by Gasteiger charge is -2.44. The van der Waals surface area contributed by atoms with Crippen LogP contribution in [0.4, 0.5) is 0 Å². The zero-order chi connectivity index (χ0) is 14.6. The highest BCUT2D eigenvalue weighted by atomic mass is 16.5. The number of amides is 1. The average molecular weight is 284 g/mol.